The molecule has 1 heterocycles. The van der Waals surface area contributed by atoms with Gasteiger partial charge in [0.15, 0.2) is 5.82 Å². The molecule has 3 N–H and O–H groups in total. The summed E-state index contributed by atoms with van der Waals surface area (Å²) in [6, 6.07) is 2.93. The molecule has 3 rings (SSSR count). The highest BCUT2D eigenvalue weighted by Gasteiger charge is 2.36. The number of nitrogens with zero attached hydrogens (tertiary/aromatic N) is 1. The third kappa shape index (κ3) is 3.23. The molecule has 0 aromatic heterocycles. The van der Waals surface area contributed by atoms with E-state index in [2.05, 4.69) is 25.6 Å². The van der Waals surface area contributed by atoms with Crippen molar-refractivity contribution in [1.82, 2.24) is 9.62 Å². The average molecular weight is 378 g/mol. The second-order valence-corrected chi connectivity index (χ2v) is 8.18. The quantitative estimate of drug-likeness (QED) is 0.782. The first-order valence-corrected chi connectivity index (χ1v) is 9.15. The number of nitrogen functional groups attached to an aromatic ring is 1. The number of benzene rings is 1. The van der Waals surface area contributed by atoms with Crippen molar-refractivity contribution in [2.75, 3.05) is 18.8 Å². The van der Waals surface area contributed by atoms with Crippen LogP contribution in [0.1, 0.15) is 19.3 Å². The Balaban J connectivity index is 1.78. The monoisotopic (exact) mass is 377 g/mol. The Kier molecular flexibility index (Phi) is 3.98. The molecule has 1 atom stereocenters. The van der Waals surface area contributed by atoms with E-state index in [0.29, 0.717) is 12.6 Å². The van der Waals surface area contributed by atoms with Crippen LogP contribution in [-0.2, 0) is 10.0 Å². The number of sulfonamides is 1. The minimum atomic E-state index is -3.91. The Morgan fingerprint density at radius 2 is 2.05 bits per heavy atom. The molecule has 8 heteroatoms. The molecule has 0 radical (unpaired) electrons. The van der Waals surface area contributed by atoms with Crippen LogP contribution in [-0.4, -0.2) is 38.5 Å². The van der Waals surface area contributed by atoms with Crippen molar-refractivity contribution in [2.24, 2.45) is 0 Å². The van der Waals surface area contributed by atoms with E-state index in [9.17, 15) is 12.8 Å². The lowest BCUT2D eigenvalue weighted by molar-refractivity contribution is 0.322. The van der Waals surface area contributed by atoms with Crippen molar-refractivity contribution in [2.45, 2.75) is 36.2 Å². The van der Waals surface area contributed by atoms with Gasteiger partial charge >= 0.3 is 0 Å². The Morgan fingerprint density at radius 1 is 1.33 bits per heavy atom. The van der Waals surface area contributed by atoms with E-state index in [0.717, 1.165) is 19.0 Å². The summed E-state index contributed by atoms with van der Waals surface area (Å²) in [5.74, 6) is -0.811. The number of hydrogen-bond acceptors (Lipinski definition) is 4. The number of likely N-dealkylation sites (tertiary alicyclic amines) is 1. The van der Waals surface area contributed by atoms with Gasteiger partial charge in [-0.2, -0.15) is 0 Å². The highest BCUT2D eigenvalue weighted by molar-refractivity contribution is 9.10. The zero-order valence-electron chi connectivity index (χ0n) is 11.4. The first kappa shape index (κ1) is 15.2. The fourth-order valence-corrected chi connectivity index (χ4v) is 4.72. The zero-order valence-corrected chi connectivity index (χ0v) is 13.8. The summed E-state index contributed by atoms with van der Waals surface area (Å²) < 4.78 is 41.4. The molecular formula is C13H17BrFN3O2S. The molecule has 2 aliphatic rings. The van der Waals surface area contributed by atoms with Gasteiger partial charge in [0.05, 0.1) is 4.47 Å². The van der Waals surface area contributed by atoms with Crippen LogP contribution >= 0.6 is 15.9 Å². The molecule has 1 aromatic rings. The highest BCUT2D eigenvalue weighted by Crippen LogP contribution is 2.31. The second-order valence-electron chi connectivity index (χ2n) is 5.65. The van der Waals surface area contributed by atoms with Gasteiger partial charge in [-0.3, -0.25) is 4.90 Å². The first-order chi connectivity index (χ1) is 9.87. The highest BCUT2D eigenvalue weighted by atomic mass is 79.9. The van der Waals surface area contributed by atoms with Gasteiger partial charge in [0.1, 0.15) is 4.90 Å². The maximum atomic E-state index is 14.0. The van der Waals surface area contributed by atoms with Crippen LogP contribution in [0.15, 0.2) is 21.5 Å². The van der Waals surface area contributed by atoms with Gasteiger partial charge in [-0.05, 0) is 47.3 Å². The summed E-state index contributed by atoms with van der Waals surface area (Å²) in [6.07, 6.45) is 3.13. The summed E-state index contributed by atoms with van der Waals surface area (Å²) in [6.45, 7) is 1.58. The van der Waals surface area contributed by atoms with Crippen molar-refractivity contribution in [3.8, 4) is 0 Å². The summed E-state index contributed by atoms with van der Waals surface area (Å²) in [7, 11) is -3.91. The van der Waals surface area contributed by atoms with E-state index in [4.69, 9.17) is 5.73 Å². The van der Waals surface area contributed by atoms with Gasteiger partial charge in [0.25, 0.3) is 0 Å². The van der Waals surface area contributed by atoms with Crippen molar-refractivity contribution < 1.29 is 12.8 Å². The maximum Gasteiger partial charge on any atom is 0.243 e. The third-order valence-corrected chi connectivity index (χ3v) is 6.01. The minimum absolute atomic E-state index is 0.0499. The molecule has 1 saturated carbocycles. The Morgan fingerprint density at radius 3 is 2.71 bits per heavy atom. The van der Waals surface area contributed by atoms with Crippen molar-refractivity contribution in [3.63, 3.8) is 0 Å². The number of halogens is 2. The van der Waals surface area contributed by atoms with E-state index in [1.54, 1.807) is 0 Å². The van der Waals surface area contributed by atoms with Gasteiger partial charge in [-0.25, -0.2) is 17.5 Å². The van der Waals surface area contributed by atoms with Gasteiger partial charge in [0.2, 0.25) is 10.0 Å². The number of nitrogens with two attached hydrogens (primary N) is 1. The van der Waals surface area contributed by atoms with E-state index in [-0.39, 0.29) is 16.2 Å². The van der Waals surface area contributed by atoms with Crippen LogP contribution in [0.5, 0.6) is 0 Å². The standard InChI is InChI=1S/C13H17BrFN3O2S/c14-11-5-8(16)6-12(13(11)15)21(19,20)17-9-3-4-18(7-9)10-1-2-10/h5-6,9-10,17H,1-4,7,16H2. The first-order valence-electron chi connectivity index (χ1n) is 6.88. The molecule has 1 aromatic carbocycles. The average Bonchev–Trinajstić information content (AvgIpc) is 3.15. The molecule has 0 bridgehead atoms. The van der Waals surface area contributed by atoms with Gasteiger partial charge in [-0.1, -0.05) is 0 Å². The summed E-state index contributed by atoms with van der Waals surface area (Å²) >= 11 is 2.98. The lowest BCUT2D eigenvalue weighted by Gasteiger charge is -2.16. The van der Waals surface area contributed by atoms with Crippen LogP contribution < -0.4 is 10.5 Å². The Hall–Kier alpha value is -0.700. The van der Waals surface area contributed by atoms with Crippen LogP contribution in [0.25, 0.3) is 0 Å². The third-order valence-electron chi connectivity index (χ3n) is 3.91. The topological polar surface area (TPSA) is 75.4 Å². The molecule has 5 nitrogen and oxygen atoms in total. The van der Waals surface area contributed by atoms with Gasteiger partial charge < -0.3 is 5.73 Å². The smallest absolute Gasteiger partial charge is 0.243 e. The Bertz CT molecular complexity index is 664. The van der Waals surface area contributed by atoms with Crippen molar-refractivity contribution in [1.29, 1.82) is 0 Å². The lowest BCUT2D eigenvalue weighted by Crippen LogP contribution is -2.37. The van der Waals surface area contributed by atoms with Gasteiger partial charge in [-0.15, -0.1) is 0 Å². The molecule has 1 saturated heterocycles. The molecule has 0 amide bonds. The van der Waals surface area contributed by atoms with E-state index in [1.807, 2.05) is 0 Å². The number of anilines is 1. The largest absolute Gasteiger partial charge is 0.399 e. The molecule has 2 fully saturated rings. The Labute approximate surface area is 131 Å². The predicted molar refractivity (Wildman–Crippen MR) is 81.8 cm³/mol. The second kappa shape index (κ2) is 5.49. The summed E-state index contributed by atoms with van der Waals surface area (Å²) in [4.78, 5) is 1.89. The van der Waals surface area contributed by atoms with Crippen molar-refractivity contribution in [3.05, 3.63) is 22.4 Å². The molecule has 1 aliphatic carbocycles. The number of nitrogens with one attached hydrogen (secondary N) is 1. The lowest BCUT2D eigenvalue weighted by atomic mass is 10.3. The fourth-order valence-electron chi connectivity index (χ4n) is 2.72. The molecule has 21 heavy (non-hydrogen) atoms. The normalized spacial score (nSPS) is 23.6. The predicted octanol–water partition coefficient (Wildman–Crippen LogP) is 1.69. The molecule has 1 unspecified atom stereocenters. The fraction of sp³-hybridized carbons (Fsp3) is 0.538. The zero-order chi connectivity index (χ0) is 15.2. The SMILES string of the molecule is Nc1cc(Br)c(F)c(S(=O)(=O)NC2CCN(C3CC3)C2)c1. The van der Waals surface area contributed by atoms with E-state index >= 15 is 0 Å². The maximum absolute atomic E-state index is 14.0. The molecular weight excluding hydrogens is 361 g/mol. The molecule has 0 spiro atoms. The van der Waals surface area contributed by atoms with Crippen LogP contribution in [0.4, 0.5) is 10.1 Å². The minimum Gasteiger partial charge on any atom is -0.399 e. The van der Waals surface area contributed by atoms with Crippen LogP contribution in [0.2, 0.25) is 0 Å². The van der Waals surface area contributed by atoms with Gasteiger partial charge in [0, 0.05) is 30.9 Å². The van der Waals surface area contributed by atoms with Crippen LogP contribution in [0, 0.1) is 5.82 Å². The van der Waals surface area contributed by atoms with Crippen molar-refractivity contribution >= 4 is 31.6 Å². The number of hydrogen-bond donors (Lipinski definition) is 2. The van der Waals surface area contributed by atoms with E-state index < -0.39 is 20.7 Å². The molecule has 116 valence electrons. The summed E-state index contributed by atoms with van der Waals surface area (Å²) in [5, 5.41) is 0. The van der Waals surface area contributed by atoms with E-state index in [1.165, 1.54) is 18.9 Å². The summed E-state index contributed by atoms with van der Waals surface area (Å²) in [5.41, 5.74) is 5.81. The van der Waals surface area contributed by atoms with Crippen LogP contribution in [0.3, 0.4) is 0 Å². The molecule has 1 aliphatic heterocycles. The number of rotatable bonds is 4.